The Bertz CT molecular complexity index is 598. The summed E-state index contributed by atoms with van der Waals surface area (Å²) in [4.78, 5) is 6.60. The first kappa shape index (κ1) is 14.5. The molecule has 7 heteroatoms. The number of rotatable bonds is 4. The zero-order valence-electron chi connectivity index (χ0n) is 11.5. The van der Waals surface area contributed by atoms with E-state index in [2.05, 4.69) is 15.0 Å². The Kier molecular flexibility index (Phi) is 4.50. The van der Waals surface area contributed by atoms with Crippen LogP contribution < -0.4 is 5.73 Å². The summed E-state index contributed by atoms with van der Waals surface area (Å²) in [6.07, 6.45) is 0. The van der Waals surface area contributed by atoms with E-state index in [0.29, 0.717) is 23.3 Å². The molecule has 1 atom stereocenters. The number of benzene rings is 1. The first-order chi connectivity index (χ1) is 10.2. The fourth-order valence-electron chi connectivity index (χ4n) is 2.27. The first-order valence-electron chi connectivity index (χ1n) is 6.88. The summed E-state index contributed by atoms with van der Waals surface area (Å²) < 4.78 is 10.6. The van der Waals surface area contributed by atoms with Gasteiger partial charge in [0.15, 0.2) is 5.82 Å². The van der Waals surface area contributed by atoms with Gasteiger partial charge in [0, 0.05) is 19.6 Å². The number of halogens is 1. The summed E-state index contributed by atoms with van der Waals surface area (Å²) in [6, 6.07) is 7.07. The van der Waals surface area contributed by atoms with Crippen molar-refractivity contribution in [2.75, 3.05) is 32.8 Å². The van der Waals surface area contributed by atoms with Crippen LogP contribution in [0.1, 0.15) is 11.9 Å². The molecule has 0 radical (unpaired) electrons. The van der Waals surface area contributed by atoms with Crippen LogP contribution in [0, 0.1) is 0 Å². The highest BCUT2D eigenvalue weighted by atomic mass is 35.5. The molecule has 1 saturated heterocycles. The minimum atomic E-state index is -0.289. The van der Waals surface area contributed by atoms with E-state index in [1.165, 1.54) is 0 Å². The van der Waals surface area contributed by atoms with Crippen molar-refractivity contribution in [3.05, 3.63) is 35.1 Å². The van der Waals surface area contributed by atoms with Gasteiger partial charge in [0.1, 0.15) is 0 Å². The fraction of sp³-hybridized carbons (Fsp3) is 0.429. The van der Waals surface area contributed by atoms with E-state index < -0.39 is 0 Å². The molecule has 1 aromatic heterocycles. The number of nitrogens with two attached hydrogens (primary N) is 1. The number of nitrogens with zero attached hydrogens (tertiary/aromatic N) is 3. The molecule has 1 aliphatic rings. The van der Waals surface area contributed by atoms with Gasteiger partial charge in [-0.1, -0.05) is 28.9 Å². The van der Waals surface area contributed by atoms with E-state index in [1.54, 1.807) is 6.07 Å². The summed E-state index contributed by atoms with van der Waals surface area (Å²) >= 11 is 6.12. The van der Waals surface area contributed by atoms with Crippen molar-refractivity contribution in [2.24, 2.45) is 5.73 Å². The Labute approximate surface area is 127 Å². The average Bonchev–Trinajstić information content (AvgIpc) is 2.98. The zero-order chi connectivity index (χ0) is 14.7. The molecule has 1 fully saturated rings. The molecule has 2 N–H and O–H groups in total. The summed E-state index contributed by atoms with van der Waals surface area (Å²) in [5.74, 6) is 0.893. The minimum Gasteiger partial charge on any atom is -0.379 e. The van der Waals surface area contributed by atoms with Crippen LogP contribution in [0.15, 0.2) is 28.8 Å². The van der Waals surface area contributed by atoms with Crippen LogP contribution in [0.25, 0.3) is 11.5 Å². The molecule has 6 nitrogen and oxygen atoms in total. The van der Waals surface area contributed by atoms with Crippen LogP contribution >= 0.6 is 11.6 Å². The van der Waals surface area contributed by atoms with Gasteiger partial charge in [-0.3, -0.25) is 4.90 Å². The van der Waals surface area contributed by atoms with E-state index in [4.69, 9.17) is 26.6 Å². The summed E-state index contributed by atoms with van der Waals surface area (Å²) in [7, 11) is 0. The lowest BCUT2D eigenvalue weighted by atomic mass is 10.2. The highest BCUT2D eigenvalue weighted by molar-refractivity contribution is 6.33. The standard InChI is InChI=1S/C14H17ClN4O2/c15-11-4-2-1-3-10(11)14-17-13(18-21-14)12(16)9-19-5-7-20-8-6-19/h1-4,12H,5-9,16H2. The van der Waals surface area contributed by atoms with Gasteiger partial charge in [-0.15, -0.1) is 0 Å². The summed E-state index contributed by atoms with van der Waals surface area (Å²) in [6.45, 7) is 3.92. The lowest BCUT2D eigenvalue weighted by molar-refractivity contribution is 0.0348. The quantitative estimate of drug-likeness (QED) is 0.926. The monoisotopic (exact) mass is 308 g/mol. The predicted octanol–water partition coefficient (Wildman–Crippen LogP) is 1.72. The Morgan fingerprint density at radius 2 is 2.05 bits per heavy atom. The molecule has 1 aromatic carbocycles. The number of ether oxygens (including phenoxy) is 1. The molecule has 0 aliphatic carbocycles. The van der Waals surface area contributed by atoms with E-state index >= 15 is 0 Å². The van der Waals surface area contributed by atoms with Gasteiger partial charge in [-0.25, -0.2) is 0 Å². The molecule has 1 aliphatic heterocycles. The Morgan fingerprint density at radius 1 is 1.29 bits per heavy atom. The van der Waals surface area contributed by atoms with Gasteiger partial charge in [-0.2, -0.15) is 4.98 Å². The zero-order valence-corrected chi connectivity index (χ0v) is 12.3. The van der Waals surface area contributed by atoms with Gasteiger partial charge in [-0.05, 0) is 12.1 Å². The van der Waals surface area contributed by atoms with Crippen molar-refractivity contribution < 1.29 is 9.26 Å². The highest BCUT2D eigenvalue weighted by Crippen LogP contribution is 2.26. The van der Waals surface area contributed by atoms with E-state index in [1.807, 2.05) is 18.2 Å². The maximum atomic E-state index is 6.15. The molecule has 3 rings (SSSR count). The van der Waals surface area contributed by atoms with Crippen molar-refractivity contribution in [3.8, 4) is 11.5 Å². The summed E-state index contributed by atoms with van der Waals surface area (Å²) in [5.41, 5.74) is 6.87. The van der Waals surface area contributed by atoms with Gasteiger partial charge in [0.05, 0.1) is 29.8 Å². The maximum absolute atomic E-state index is 6.15. The molecule has 0 saturated carbocycles. The van der Waals surface area contributed by atoms with Crippen LogP contribution in [0.3, 0.4) is 0 Å². The van der Waals surface area contributed by atoms with Crippen molar-refractivity contribution >= 4 is 11.6 Å². The highest BCUT2D eigenvalue weighted by Gasteiger charge is 2.20. The normalized spacial score (nSPS) is 17.8. The first-order valence-corrected chi connectivity index (χ1v) is 7.26. The Hall–Kier alpha value is -1.47. The van der Waals surface area contributed by atoms with Crippen LogP contribution in [0.2, 0.25) is 5.02 Å². The predicted molar refractivity (Wildman–Crippen MR) is 78.9 cm³/mol. The number of hydrogen-bond acceptors (Lipinski definition) is 6. The molecule has 0 spiro atoms. The largest absolute Gasteiger partial charge is 0.379 e. The second-order valence-corrected chi connectivity index (χ2v) is 5.36. The molecule has 112 valence electrons. The molecule has 21 heavy (non-hydrogen) atoms. The third-order valence-electron chi connectivity index (χ3n) is 3.44. The molecule has 1 unspecified atom stereocenters. The molecule has 2 aromatic rings. The van der Waals surface area contributed by atoms with Crippen LogP contribution in [-0.2, 0) is 4.74 Å². The van der Waals surface area contributed by atoms with E-state index in [9.17, 15) is 0 Å². The van der Waals surface area contributed by atoms with Crippen molar-refractivity contribution in [1.29, 1.82) is 0 Å². The van der Waals surface area contributed by atoms with Gasteiger partial charge in [0.2, 0.25) is 0 Å². The van der Waals surface area contributed by atoms with Crippen molar-refractivity contribution in [2.45, 2.75) is 6.04 Å². The molecule has 0 bridgehead atoms. The Morgan fingerprint density at radius 3 is 2.81 bits per heavy atom. The lowest BCUT2D eigenvalue weighted by Crippen LogP contribution is -2.40. The van der Waals surface area contributed by atoms with Gasteiger partial charge in [0.25, 0.3) is 5.89 Å². The second kappa shape index (κ2) is 6.53. The van der Waals surface area contributed by atoms with Gasteiger partial charge >= 0.3 is 0 Å². The number of morpholine rings is 1. The van der Waals surface area contributed by atoms with E-state index in [-0.39, 0.29) is 6.04 Å². The maximum Gasteiger partial charge on any atom is 0.259 e. The van der Waals surface area contributed by atoms with Crippen LogP contribution in [0.5, 0.6) is 0 Å². The Balaban J connectivity index is 1.71. The summed E-state index contributed by atoms with van der Waals surface area (Å²) in [5, 5.41) is 4.55. The molecular formula is C14H17ClN4O2. The van der Waals surface area contributed by atoms with E-state index in [0.717, 1.165) is 31.9 Å². The molecular weight excluding hydrogens is 292 g/mol. The SMILES string of the molecule is NC(CN1CCOCC1)c1noc(-c2ccccc2Cl)n1. The minimum absolute atomic E-state index is 0.289. The topological polar surface area (TPSA) is 77.4 Å². The molecule has 2 heterocycles. The van der Waals surface area contributed by atoms with Crippen molar-refractivity contribution in [3.63, 3.8) is 0 Å². The average molecular weight is 309 g/mol. The lowest BCUT2D eigenvalue weighted by Gasteiger charge is -2.27. The molecule has 0 amide bonds. The fourth-order valence-corrected chi connectivity index (χ4v) is 2.49. The van der Waals surface area contributed by atoms with Crippen molar-refractivity contribution in [1.82, 2.24) is 15.0 Å². The third kappa shape index (κ3) is 3.41. The second-order valence-electron chi connectivity index (χ2n) is 4.96. The number of aromatic nitrogens is 2. The number of hydrogen-bond donors (Lipinski definition) is 1. The van der Waals surface area contributed by atoms with Gasteiger partial charge < -0.3 is 15.0 Å². The van der Waals surface area contributed by atoms with Crippen LogP contribution in [0.4, 0.5) is 0 Å². The van der Waals surface area contributed by atoms with Crippen LogP contribution in [-0.4, -0.2) is 47.9 Å². The third-order valence-corrected chi connectivity index (χ3v) is 3.77. The smallest absolute Gasteiger partial charge is 0.259 e.